The number of hydrogen-bond donors (Lipinski definition) is 3. The third-order valence-corrected chi connectivity index (χ3v) is 7.21. The number of para-hydroxylation sites is 1. The van der Waals surface area contributed by atoms with E-state index in [-0.39, 0.29) is 24.2 Å². The smallest absolute Gasteiger partial charge is 0.389 e. The third kappa shape index (κ3) is 3.98. The lowest BCUT2D eigenvalue weighted by Gasteiger charge is -2.37. The molecule has 2 unspecified atom stereocenters. The SMILES string of the molecule is CCn1nc(C2(c3noc(COC)n3)NC(c3ncc(-c4ccc(F)cn4)[nH]3)Cc3c2[nH]c2ccccc32)oc1=O. The molecule has 0 spiro atoms. The zero-order valence-corrected chi connectivity index (χ0v) is 22.0. The predicted octanol–water partition coefficient (Wildman–Crippen LogP) is 2.97. The minimum atomic E-state index is -1.46. The first-order valence-corrected chi connectivity index (χ1v) is 12.9. The lowest BCUT2D eigenvalue weighted by molar-refractivity contribution is 0.151. The van der Waals surface area contributed by atoms with Gasteiger partial charge in [-0.25, -0.2) is 14.2 Å². The molecule has 1 aromatic carbocycles. The second-order valence-corrected chi connectivity index (χ2v) is 9.65. The molecule has 1 aliphatic rings. The average molecular weight is 558 g/mol. The summed E-state index contributed by atoms with van der Waals surface area (Å²) >= 11 is 0. The van der Waals surface area contributed by atoms with Gasteiger partial charge in [-0.15, -0.1) is 5.10 Å². The number of rotatable bonds is 7. The van der Waals surface area contributed by atoms with Crippen molar-refractivity contribution in [3.8, 4) is 11.4 Å². The summed E-state index contributed by atoms with van der Waals surface area (Å²) < 4.78 is 31.2. The maximum absolute atomic E-state index is 13.5. The number of fused-ring (bicyclic) bond motifs is 3. The zero-order valence-electron chi connectivity index (χ0n) is 22.0. The van der Waals surface area contributed by atoms with Gasteiger partial charge in [-0.1, -0.05) is 23.4 Å². The number of aromatic amines is 2. The van der Waals surface area contributed by atoms with Crippen LogP contribution >= 0.6 is 0 Å². The molecule has 41 heavy (non-hydrogen) atoms. The van der Waals surface area contributed by atoms with E-state index in [0.717, 1.165) is 22.7 Å². The molecule has 6 aromatic rings. The van der Waals surface area contributed by atoms with Crippen LogP contribution in [0.1, 0.15) is 47.7 Å². The third-order valence-electron chi connectivity index (χ3n) is 7.21. The van der Waals surface area contributed by atoms with Gasteiger partial charge in [0.2, 0.25) is 11.4 Å². The molecular formula is C27H24FN9O4. The molecule has 208 valence electrons. The fraction of sp³-hybridized carbons (Fsp3) is 0.259. The Hall–Kier alpha value is -4.95. The molecule has 13 nitrogen and oxygen atoms in total. The monoisotopic (exact) mass is 557 g/mol. The van der Waals surface area contributed by atoms with Crippen LogP contribution < -0.4 is 11.1 Å². The summed E-state index contributed by atoms with van der Waals surface area (Å²) in [5.74, 6) is -0.0170. The van der Waals surface area contributed by atoms with Crippen molar-refractivity contribution in [1.82, 2.24) is 45.2 Å². The number of nitrogens with zero attached hydrogens (tertiary/aromatic N) is 6. The van der Waals surface area contributed by atoms with Crippen LogP contribution in [0.4, 0.5) is 4.39 Å². The van der Waals surface area contributed by atoms with Crippen LogP contribution in [0.15, 0.2) is 62.5 Å². The summed E-state index contributed by atoms with van der Waals surface area (Å²) in [4.78, 5) is 33.0. The van der Waals surface area contributed by atoms with Crippen LogP contribution in [0, 0.1) is 5.82 Å². The molecular weight excluding hydrogens is 533 g/mol. The number of methoxy groups -OCH3 is 1. The normalized spacial score (nSPS) is 18.7. The number of pyridine rings is 1. The van der Waals surface area contributed by atoms with E-state index in [1.54, 1.807) is 19.2 Å². The molecule has 6 heterocycles. The summed E-state index contributed by atoms with van der Waals surface area (Å²) in [6.45, 7) is 2.19. The van der Waals surface area contributed by atoms with Crippen molar-refractivity contribution in [2.24, 2.45) is 0 Å². The van der Waals surface area contributed by atoms with E-state index in [0.29, 0.717) is 35.9 Å². The number of aromatic nitrogens is 8. The van der Waals surface area contributed by atoms with Crippen LogP contribution in [0.5, 0.6) is 0 Å². The van der Waals surface area contributed by atoms with Gasteiger partial charge in [0.25, 0.3) is 11.8 Å². The first-order valence-electron chi connectivity index (χ1n) is 12.9. The quantitative estimate of drug-likeness (QED) is 0.266. The Morgan fingerprint density at radius 1 is 1.17 bits per heavy atom. The van der Waals surface area contributed by atoms with Gasteiger partial charge in [0.1, 0.15) is 18.2 Å². The van der Waals surface area contributed by atoms with Crippen molar-refractivity contribution in [1.29, 1.82) is 0 Å². The molecule has 7 rings (SSSR count). The predicted molar refractivity (Wildman–Crippen MR) is 141 cm³/mol. The highest BCUT2D eigenvalue weighted by molar-refractivity contribution is 5.86. The van der Waals surface area contributed by atoms with Gasteiger partial charge >= 0.3 is 5.76 Å². The first kappa shape index (κ1) is 25.0. The molecule has 1 aliphatic heterocycles. The fourth-order valence-corrected chi connectivity index (χ4v) is 5.35. The van der Waals surface area contributed by atoms with E-state index in [4.69, 9.17) is 13.7 Å². The molecule has 0 aliphatic carbocycles. The van der Waals surface area contributed by atoms with Gasteiger partial charge in [-0.2, -0.15) is 9.67 Å². The van der Waals surface area contributed by atoms with Crippen LogP contribution in [-0.2, 0) is 29.8 Å². The van der Waals surface area contributed by atoms with Crippen LogP contribution in [0.2, 0.25) is 0 Å². The second kappa shape index (κ2) is 9.60. The molecule has 5 aromatic heterocycles. The lowest BCUT2D eigenvalue weighted by atomic mass is 9.82. The Bertz CT molecular complexity index is 1920. The van der Waals surface area contributed by atoms with Crippen LogP contribution in [0.3, 0.4) is 0 Å². The topological polar surface area (TPSA) is 166 Å². The highest BCUT2D eigenvalue weighted by atomic mass is 19.1. The van der Waals surface area contributed by atoms with Crippen molar-refractivity contribution in [2.45, 2.75) is 38.1 Å². The number of benzene rings is 1. The Balaban J connectivity index is 1.45. The minimum Gasteiger partial charge on any atom is -0.389 e. The molecule has 0 bridgehead atoms. The van der Waals surface area contributed by atoms with E-state index in [1.165, 1.54) is 17.9 Å². The van der Waals surface area contributed by atoms with Crippen molar-refractivity contribution < 1.29 is 18.1 Å². The van der Waals surface area contributed by atoms with Crippen molar-refractivity contribution in [3.63, 3.8) is 0 Å². The number of H-pyrrole nitrogens is 2. The lowest BCUT2D eigenvalue weighted by Crippen LogP contribution is -2.52. The zero-order chi connectivity index (χ0) is 28.1. The maximum atomic E-state index is 13.5. The van der Waals surface area contributed by atoms with E-state index in [9.17, 15) is 9.18 Å². The Labute approximate surface area is 230 Å². The summed E-state index contributed by atoms with van der Waals surface area (Å²) in [5, 5.41) is 13.4. The molecule has 0 radical (unpaired) electrons. The number of aryl methyl sites for hydroxylation is 1. The van der Waals surface area contributed by atoms with E-state index < -0.39 is 23.2 Å². The number of nitrogens with one attached hydrogen (secondary N) is 3. The molecule has 14 heteroatoms. The molecule has 0 amide bonds. The van der Waals surface area contributed by atoms with Gasteiger partial charge < -0.3 is 23.6 Å². The number of ether oxygens (including phenoxy) is 1. The second-order valence-electron chi connectivity index (χ2n) is 9.65. The average Bonchev–Trinajstić information content (AvgIpc) is 3.79. The van der Waals surface area contributed by atoms with Gasteiger partial charge in [0, 0.05) is 24.6 Å². The molecule has 3 N–H and O–H groups in total. The molecule has 0 saturated heterocycles. The molecule has 0 saturated carbocycles. The summed E-state index contributed by atoms with van der Waals surface area (Å²) in [6.07, 6.45) is 3.30. The first-order chi connectivity index (χ1) is 20.0. The van der Waals surface area contributed by atoms with E-state index in [1.807, 2.05) is 24.3 Å². The molecule has 2 atom stereocenters. The highest BCUT2D eigenvalue weighted by Gasteiger charge is 2.53. The van der Waals surface area contributed by atoms with Crippen molar-refractivity contribution >= 4 is 10.9 Å². The van der Waals surface area contributed by atoms with Gasteiger partial charge in [-0.05, 0) is 37.1 Å². The van der Waals surface area contributed by atoms with Gasteiger partial charge in [0.15, 0.2) is 0 Å². The van der Waals surface area contributed by atoms with Gasteiger partial charge in [-0.3, -0.25) is 10.3 Å². The standard InChI is InChI=1S/C27H24FN9O4/c1-3-37-26(38)40-25(35-37)27(24-33-21(13-39-2)41-36-24)22-16(15-6-4-5-7-17(15)31-22)10-19(34-27)23-30-12-20(32-23)18-9-8-14(28)11-29-18/h4-9,11-12,19,31,34H,3,10,13H2,1-2H3,(H,30,32). The number of imidazole rings is 1. The van der Waals surface area contributed by atoms with Crippen LogP contribution in [-0.4, -0.2) is 47.0 Å². The highest BCUT2D eigenvalue weighted by Crippen LogP contribution is 2.45. The Kier molecular flexibility index (Phi) is 5.87. The van der Waals surface area contributed by atoms with E-state index >= 15 is 0 Å². The Morgan fingerprint density at radius 2 is 2.05 bits per heavy atom. The van der Waals surface area contributed by atoms with Gasteiger partial charge in [0.05, 0.1) is 35.5 Å². The van der Waals surface area contributed by atoms with Crippen LogP contribution in [0.25, 0.3) is 22.3 Å². The molecule has 0 fully saturated rings. The number of halogens is 1. The number of hydrogen-bond acceptors (Lipinski definition) is 10. The van der Waals surface area contributed by atoms with E-state index in [2.05, 4.69) is 40.5 Å². The largest absolute Gasteiger partial charge is 0.437 e. The summed E-state index contributed by atoms with van der Waals surface area (Å²) in [6, 6.07) is 10.3. The fourth-order valence-electron chi connectivity index (χ4n) is 5.35. The van der Waals surface area contributed by atoms with Crippen molar-refractivity contribution in [3.05, 3.63) is 99.8 Å². The minimum absolute atomic E-state index is 0.0404. The summed E-state index contributed by atoms with van der Waals surface area (Å²) in [5.41, 5.74) is 2.16. The summed E-state index contributed by atoms with van der Waals surface area (Å²) in [7, 11) is 1.52. The maximum Gasteiger partial charge on any atom is 0.437 e. The van der Waals surface area contributed by atoms with Crippen molar-refractivity contribution in [2.75, 3.05) is 7.11 Å². The Morgan fingerprint density at radius 3 is 2.83 bits per heavy atom.